The van der Waals surface area contributed by atoms with Crippen LogP contribution in [0.4, 0.5) is 4.39 Å². The van der Waals surface area contributed by atoms with Gasteiger partial charge in [-0.2, -0.15) is 0 Å². The van der Waals surface area contributed by atoms with Crippen LogP contribution >= 0.6 is 0 Å². The molecule has 1 unspecified atom stereocenters. The second-order valence-electron chi connectivity index (χ2n) is 3.50. The van der Waals surface area contributed by atoms with Crippen LogP contribution in [0.2, 0.25) is 0 Å². The molecule has 7 heteroatoms. The van der Waals surface area contributed by atoms with E-state index < -0.39 is 23.7 Å². The molecule has 0 saturated carbocycles. The minimum Gasteiger partial charge on any atom is -0.494 e. The molecule has 6 nitrogen and oxygen atoms in total. The molecule has 1 rings (SSSR count). The Bertz CT molecular complexity index is 464. The van der Waals surface area contributed by atoms with Gasteiger partial charge in [-0.25, -0.2) is 9.18 Å². The number of hydrogen-bond donors (Lipinski definition) is 3. The Balaban J connectivity index is 2.61. The van der Waals surface area contributed by atoms with Crippen LogP contribution in [0.1, 0.15) is 5.56 Å². The quantitative estimate of drug-likeness (QED) is 0.636. The molecule has 0 fully saturated rings. The zero-order valence-electron chi connectivity index (χ0n) is 9.64. The standard InChI is InChI=1S/C11H13FN2O4/c1-18-8-3-2-6(4-7(8)12)5-14-10(15)9(13)11(16)17/h2-4,9H,5,13H2,1H3,(H,14,15)(H,16,17). The number of amides is 1. The Hall–Kier alpha value is -2.15. The fourth-order valence-corrected chi connectivity index (χ4v) is 1.23. The number of nitrogens with two attached hydrogens (primary N) is 1. The van der Waals surface area contributed by atoms with E-state index in [0.29, 0.717) is 5.56 Å². The van der Waals surface area contributed by atoms with E-state index in [0.717, 1.165) is 0 Å². The highest BCUT2D eigenvalue weighted by atomic mass is 19.1. The first-order chi connectivity index (χ1) is 8.45. The molecule has 18 heavy (non-hydrogen) atoms. The third-order valence-electron chi connectivity index (χ3n) is 2.23. The zero-order chi connectivity index (χ0) is 13.7. The topological polar surface area (TPSA) is 102 Å². The molecule has 4 N–H and O–H groups in total. The lowest BCUT2D eigenvalue weighted by molar-refractivity contribution is -0.142. The number of carbonyl (C=O) groups excluding carboxylic acids is 1. The van der Waals surface area contributed by atoms with E-state index in [2.05, 4.69) is 5.32 Å². The maximum absolute atomic E-state index is 13.3. The molecule has 0 aliphatic carbocycles. The lowest BCUT2D eigenvalue weighted by Gasteiger charge is -2.09. The number of carboxylic acids is 1. The number of benzene rings is 1. The molecule has 0 aromatic heterocycles. The second kappa shape index (κ2) is 5.97. The predicted octanol–water partition coefficient (Wildman–Crippen LogP) is -0.138. The van der Waals surface area contributed by atoms with Crippen molar-refractivity contribution in [1.29, 1.82) is 0 Å². The summed E-state index contributed by atoms with van der Waals surface area (Å²) in [5.74, 6) is -2.73. The smallest absolute Gasteiger partial charge is 0.330 e. The molecule has 0 spiro atoms. The summed E-state index contributed by atoms with van der Waals surface area (Å²) in [5.41, 5.74) is 5.57. The van der Waals surface area contributed by atoms with E-state index in [1.807, 2.05) is 0 Å². The summed E-state index contributed by atoms with van der Waals surface area (Å²) in [6.45, 7) is -0.0132. The Morgan fingerprint density at radius 2 is 2.22 bits per heavy atom. The van der Waals surface area contributed by atoms with E-state index in [9.17, 15) is 14.0 Å². The normalized spacial score (nSPS) is 11.7. The highest BCUT2D eigenvalue weighted by Gasteiger charge is 2.20. The number of rotatable bonds is 5. The van der Waals surface area contributed by atoms with Gasteiger partial charge in [0.05, 0.1) is 7.11 Å². The van der Waals surface area contributed by atoms with Gasteiger partial charge < -0.3 is 20.9 Å². The van der Waals surface area contributed by atoms with Crippen molar-refractivity contribution in [3.8, 4) is 5.75 Å². The lowest BCUT2D eigenvalue weighted by Crippen LogP contribution is -2.45. The van der Waals surface area contributed by atoms with Crippen molar-refractivity contribution in [2.75, 3.05) is 7.11 Å². The first kappa shape index (κ1) is 13.9. The number of hydrogen-bond acceptors (Lipinski definition) is 4. The summed E-state index contributed by atoms with van der Waals surface area (Å²) in [6.07, 6.45) is 0. The summed E-state index contributed by atoms with van der Waals surface area (Å²) in [5, 5.41) is 10.8. The number of halogens is 1. The van der Waals surface area contributed by atoms with E-state index >= 15 is 0 Å². The van der Waals surface area contributed by atoms with Gasteiger partial charge in [-0.15, -0.1) is 0 Å². The number of carbonyl (C=O) groups is 2. The molecule has 1 aromatic carbocycles. The molecule has 0 aliphatic heterocycles. The van der Waals surface area contributed by atoms with Crippen LogP contribution in [0.15, 0.2) is 18.2 Å². The van der Waals surface area contributed by atoms with E-state index in [4.69, 9.17) is 15.6 Å². The van der Waals surface area contributed by atoms with E-state index in [-0.39, 0.29) is 12.3 Å². The van der Waals surface area contributed by atoms with Gasteiger partial charge in [0, 0.05) is 6.54 Å². The highest BCUT2D eigenvalue weighted by molar-refractivity contribution is 6.00. The maximum atomic E-state index is 13.3. The zero-order valence-corrected chi connectivity index (χ0v) is 9.64. The summed E-state index contributed by atoms with van der Waals surface area (Å²) in [4.78, 5) is 21.7. The number of ether oxygens (including phenoxy) is 1. The van der Waals surface area contributed by atoms with Crippen LogP contribution in [0.25, 0.3) is 0 Å². The average Bonchev–Trinajstić information content (AvgIpc) is 2.35. The van der Waals surface area contributed by atoms with Gasteiger partial charge >= 0.3 is 5.97 Å². The third-order valence-corrected chi connectivity index (χ3v) is 2.23. The number of methoxy groups -OCH3 is 1. The van der Waals surface area contributed by atoms with Gasteiger partial charge in [0.1, 0.15) is 0 Å². The Morgan fingerprint density at radius 1 is 1.56 bits per heavy atom. The maximum Gasteiger partial charge on any atom is 0.330 e. The fraction of sp³-hybridized carbons (Fsp3) is 0.273. The molecule has 0 heterocycles. The molecule has 0 bridgehead atoms. The van der Waals surface area contributed by atoms with Gasteiger partial charge in [0.2, 0.25) is 5.91 Å². The second-order valence-corrected chi connectivity index (χ2v) is 3.50. The minimum absolute atomic E-state index is 0.0132. The molecule has 0 radical (unpaired) electrons. The summed E-state index contributed by atoms with van der Waals surface area (Å²) < 4.78 is 18.0. The Morgan fingerprint density at radius 3 is 2.72 bits per heavy atom. The van der Waals surface area contributed by atoms with Crippen LogP contribution in [0.5, 0.6) is 5.75 Å². The fourth-order valence-electron chi connectivity index (χ4n) is 1.23. The predicted molar refractivity (Wildman–Crippen MR) is 60.4 cm³/mol. The molecule has 1 aromatic rings. The van der Waals surface area contributed by atoms with Crippen molar-refractivity contribution in [3.63, 3.8) is 0 Å². The van der Waals surface area contributed by atoms with Crippen LogP contribution in [0.3, 0.4) is 0 Å². The van der Waals surface area contributed by atoms with E-state index in [1.54, 1.807) is 6.07 Å². The molecule has 98 valence electrons. The van der Waals surface area contributed by atoms with Crippen LogP contribution in [-0.2, 0) is 16.1 Å². The van der Waals surface area contributed by atoms with Gasteiger partial charge in [-0.1, -0.05) is 6.07 Å². The molecular formula is C11H13FN2O4. The number of carboxylic acid groups (broad SMARTS) is 1. The summed E-state index contributed by atoms with van der Waals surface area (Å²) in [6, 6.07) is 2.52. The monoisotopic (exact) mass is 256 g/mol. The third kappa shape index (κ3) is 3.42. The van der Waals surface area contributed by atoms with Crippen molar-refractivity contribution >= 4 is 11.9 Å². The first-order valence-corrected chi connectivity index (χ1v) is 5.04. The lowest BCUT2D eigenvalue weighted by atomic mass is 10.2. The molecule has 0 saturated heterocycles. The van der Waals surface area contributed by atoms with Crippen LogP contribution < -0.4 is 15.8 Å². The highest BCUT2D eigenvalue weighted by Crippen LogP contribution is 2.17. The molecule has 0 aliphatic rings. The van der Waals surface area contributed by atoms with Crippen molar-refractivity contribution in [1.82, 2.24) is 5.32 Å². The van der Waals surface area contributed by atoms with Crippen LogP contribution in [0, 0.1) is 5.82 Å². The van der Waals surface area contributed by atoms with Crippen molar-refractivity contribution < 1.29 is 23.8 Å². The van der Waals surface area contributed by atoms with Crippen molar-refractivity contribution in [3.05, 3.63) is 29.6 Å². The SMILES string of the molecule is COc1ccc(CNC(=O)C(N)C(=O)O)cc1F. The first-order valence-electron chi connectivity index (χ1n) is 5.04. The minimum atomic E-state index is -1.63. The Kier molecular flexibility index (Phi) is 4.61. The Labute approximate surface area is 103 Å². The van der Waals surface area contributed by atoms with Gasteiger partial charge in [-0.3, -0.25) is 4.79 Å². The average molecular weight is 256 g/mol. The van der Waals surface area contributed by atoms with Gasteiger partial charge in [0.25, 0.3) is 0 Å². The van der Waals surface area contributed by atoms with E-state index in [1.165, 1.54) is 19.2 Å². The summed E-state index contributed by atoms with van der Waals surface area (Å²) >= 11 is 0. The summed E-state index contributed by atoms with van der Waals surface area (Å²) in [7, 11) is 1.34. The molecule has 1 atom stereocenters. The van der Waals surface area contributed by atoms with Crippen LogP contribution in [-0.4, -0.2) is 30.1 Å². The van der Waals surface area contributed by atoms with Crippen molar-refractivity contribution in [2.45, 2.75) is 12.6 Å². The largest absolute Gasteiger partial charge is 0.494 e. The van der Waals surface area contributed by atoms with Gasteiger partial charge in [-0.05, 0) is 17.7 Å². The molecular weight excluding hydrogens is 243 g/mol. The van der Waals surface area contributed by atoms with Gasteiger partial charge in [0.15, 0.2) is 17.6 Å². The number of aliphatic carboxylic acids is 1. The number of nitrogens with one attached hydrogen (secondary N) is 1. The molecule has 1 amide bonds. The van der Waals surface area contributed by atoms with Crippen molar-refractivity contribution in [2.24, 2.45) is 5.73 Å².